The van der Waals surface area contributed by atoms with Crippen molar-refractivity contribution < 1.29 is 14.3 Å². The number of carbonyl (C=O) groups is 1. The van der Waals surface area contributed by atoms with Crippen LogP contribution in [0, 0.1) is 5.92 Å². The van der Waals surface area contributed by atoms with E-state index < -0.39 is 0 Å². The van der Waals surface area contributed by atoms with Crippen LogP contribution in [0.5, 0.6) is 0 Å². The summed E-state index contributed by atoms with van der Waals surface area (Å²) in [7, 11) is 0. The lowest BCUT2D eigenvalue weighted by molar-refractivity contribution is -0.125. The van der Waals surface area contributed by atoms with Gasteiger partial charge < -0.3 is 14.8 Å². The van der Waals surface area contributed by atoms with Crippen molar-refractivity contribution >= 4 is 5.91 Å². The van der Waals surface area contributed by atoms with Crippen LogP contribution in [0.2, 0.25) is 0 Å². The highest BCUT2D eigenvalue weighted by atomic mass is 16.7. The third-order valence-corrected chi connectivity index (χ3v) is 4.27. The van der Waals surface area contributed by atoms with E-state index >= 15 is 0 Å². The summed E-state index contributed by atoms with van der Waals surface area (Å²) < 4.78 is 11.2. The van der Waals surface area contributed by atoms with Crippen LogP contribution in [-0.2, 0) is 20.8 Å². The molecule has 2 aliphatic heterocycles. The Bertz CT molecular complexity index is 474. The number of likely N-dealkylation sites (tertiary alicyclic amines) is 1. The Balaban J connectivity index is 1.42. The molecule has 0 aromatic heterocycles. The van der Waals surface area contributed by atoms with E-state index in [1.54, 1.807) is 0 Å². The number of amides is 1. The van der Waals surface area contributed by atoms with Crippen molar-refractivity contribution in [3.8, 4) is 0 Å². The highest BCUT2D eigenvalue weighted by molar-refractivity contribution is 5.78. The normalized spacial score (nSPS) is 23.5. The van der Waals surface area contributed by atoms with Gasteiger partial charge >= 0.3 is 0 Å². The van der Waals surface area contributed by atoms with Gasteiger partial charge in [0, 0.05) is 19.0 Å². The molecule has 0 bridgehead atoms. The minimum absolute atomic E-state index is 0.0739. The maximum atomic E-state index is 12.1. The molecule has 1 atom stereocenters. The van der Waals surface area contributed by atoms with Crippen LogP contribution >= 0.6 is 0 Å². The van der Waals surface area contributed by atoms with Gasteiger partial charge in [0.05, 0.1) is 19.8 Å². The number of benzene rings is 1. The number of hydrogen-bond donors (Lipinski definition) is 1. The molecule has 1 aromatic carbocycles. The Hall–Kier alpha value is -1.43. The molecule has 0 spiro atoms. The smallest absolute Gasteiger partial charge is 0.234 e. The summed E-state index contributed by atoms with van der Waals surface area (Å²) in [5, 5.41) is 2.99. The predicted molar refractivity (Wildman–Crippen MR) is 83.1 cm³/mol. The van der Waals surface area contributed by atoms with Gasteiger partial charge in [-0.25, -0.2) is 0 Å². The van der Waals surface area contributed by atoms with Gasteiger partial charge in [-0.2, -0.15) is 0 Å². The molecule has 5 heteroatoms. The van der Waals surface area contributed by atoms with Crippen LogP contribution in [0.1, 0.15) is 18.4 Å². The summed E-state index contributed by atoms with van der Waals surface area (Å²) in [5.41, 5.74) is 1.13. The molecule has 5 nitrogen and oxygen atoms in total. The quantitative estimate of drug-likeness (QED) is 0.893. The van der Waals surface area contributed by atoms with Gasteiger partial charge in [-0.1, -0.05) is 30.3 Å². The average Bonchev–Trinajstić information content (AvgIpc) is 3.09. The van der Waals surface area contributed by atoms with Crippen LogP contribution in [0.15, 0.2) is 30.3 Å². The topological polar surface area (TPSA) is 50.8 Å². The molecule has 2 heterocycles. The molecule has 1 amide bonds. The largest absolute Gasteiger partial charge is 0.351 e. The van der Waals surface area contributed by atoms with Crippen LogP contribution in [0.4, 0.5) is 0 Å². The van der Waals surface area contributed by atoms with Gasteiger partial charge in [0.25, 0.3) is 0 Å². The van der Waals surface area contributed by atoms with Crippen molar-refractivity contribution in [3.05, 3.63) is 35.9 Å². The lowest BCUT2D eigenvalue weighted by atomic mass is 9.97. The first-order chi connectivity index (χ1) is 10.8. The lowest BCUT2D eigenvalue weighted by Crippen LogP contribution is -2.45. The molecule has 2 aliphatic rings. The molecule has 1 aromatic rings. The molecule has 22 heavy (non-hydrogen) atoms. The summed E-state index contributed by atoms with van der Waals surface area (Å²) in [5.74, 6) is 0.468. The Morgan fingerprint density at radius 2 is 2.00 bits per heavy atom. The zero-order chi connectivity index (χ0) is 15.2. The zero-order valence-corrected chi connectivity index (χ0v) is 12.9. The van der Waals surface area contributed by atoms with Crippen LogP contribution < -0.4 is 5.32 Å². The summed E-state index contributed by atoms with van der Waals surface area (Å²) in [6, 6.07) is 9.99. The minimum Gasteiger partial charge on any atom is -0.351 e. The number of rotatable bonds is 5. The van der Waals surface area contributed by atoms with Gasteiger partial charge in [-0.15, -0.1) is 0 Å². The third kappa shape index (κ3) is 4.29. The van der Waals surface area contributed by atoms with E-state index in [-0.39, 0.29) is 12.2 Å². The third-order valence-electron chi connectivity index (χ3n) is 4.27. The maximum Gasteiger partial charge on any atom is 0.234 e. The van der Waals surface area contributed by atoms with E-state index in [0.29, 0.717) is 32.2 Å². The van der Waals surface area contributed by atoms with Gasteiger partial charge in [-0.05, 0) is 24.9 Å². The van der Waals surface area contributed by atoms with E-state index in [0.717, 1.165) is 31.5 Å². The van der Waals surface area contributed by atoms with Crippen molar-refractivity contribution in [2.24, 2.45) is 5.92 Å². The van der Waals surface area contributed by atoms with Crippen LogP contribution in [-0.4, -0.2) is 49.9 Å². The molecule has 2 saturated heterocycles. The highest BCUT2D eigenvalue weighted by Crippen LogP contribution is 2.24. The van der Waals surface area contributed by atoms with E-state index in [9.17, 15) is 4.79 Å². The number of carbonyl (C=O) groups excluding carboxylic acids is 1. The second kappa shape index (κ2) is 7.72. The van der Waals surface area contributed by atoms with Crippen LogP contribution in [0.3, 0.4) is 0 Å². The predicted octanol–water partition coefficient (Wildman–Crippen LogP) is 1.39. The summed E-state index contributed by atoms with van der Waals surface area (Å²) in [6.45, 7) is 4.28. The summed E-state index contributed by atoms with van der Waals surface area (Å²) >= 11 is 0. The molecule has 2 fully saturated rings. The van der Waals surface area contributed by atoms with Crippen molar-refractivity contribution in [2.75, 3.05) is 32.8 Å². The molecular weight excluding hydrogens is 280 g/mol. The molecule has 3 rings (SSSR count). The fraction of sp³-hybridized carbons (Fsp3) is 0.588. The number of ether oxygens (including phenoxy) is 2. The molecular formula is C17H24N2O3. The highest BCUT2D eigenvalue weighted by Gasteiger charge is 2.31. The minimum atomic E-state index is -0.0739. The molecule has 0 radical (unpaired) electrons. The van der Waals surface area contributed by atoms with Crippen molar-refractivity contribution in [2.45, 2.75) is 25.7 Å². The Kier molecular flexibility index (Phi) is 5.43. The SMILES string of the molecule is O=C(CN1CCCC(C2OCCO2)C1)NCc1ccccc1. The van der Waals surface area contributed by atoms with E-state index in [4.69, 9.17) is 9.47 Å². The first-order valence-corrected chi connectivity index (χ1v) is 8.07. The molecule has 1 unspecified atom stereocenters. The Morgan fingerprint density at radius 1 is 1.23 bits per heavy atom. The first-order valence-electron chi connectivity index (χ1n) is 8.07. The number of nitrogens with one attached hydrogen (secondary N) is 1. The summed E-state index contributed by atoms with van der Waals surface area (Å²) in [4.78, 5) is 14.3. The molecule has 120 valence electrons. The molecule has 0 saturated carbocycles. The fourth-order valence-corrected chi connectivity index (χ4v) is 3.16. The van der Waals surface area contributed by atoms with Crippen molar-refractivity contribution in [1.82, 2.24) is 10.2 Å². The van der Waals surface area contributed by atoms with E-state index in [1.165, 1.54) is 0 Å². The Morgan fingerprint density at radius 3 is 2.77 bits per heavy atom. The number of hydrogen-bond acceptors (Lipinski definition) is 4. The van der Waals surface area contributed by atoms with Crippen molar-refractivity contribution in [3.63, 3.8) is 0 Å². The van der Waals surface area contributed by atoms with Gasteiger partial charge in [0.2, 0.25) is 5.91 Å². The second-order valence-electron chi connectivity index (χ2n) is 6.01. The molecule has 0 aliphatic carbocycles. The second-order valence-corrected chi connectivity index (χ2v) is 6.01. The Labute approximate surface area is 131 Å². The maximum absolute atomic E-state index is 12.1. The van der Waals surface area contributed by atoms with Crippen molar-refractivity contribution in [1.29, 1.82) is 0 Å². The van der Waals surface area contributed by atoms with E-state index in [1.807, 2.05) is 30.3 Å². The first kappa shape index (κ1) is 15.5. The average molecular weight is 304 g/mol. The monoisotopic (exact) mass is 304 g/mol. The summed E-state index contributed by atoms with van der Waals surface area (Å²) in [6.07, 6.45) is 2.14. The number of nitrogens with zero attached hydrogens (tertiary/aromatic N) is 1. The van der Waals surface area contributed by atoms with Gasteiger partial charge in [0.15, 0.2) is 6.29 Å². The van der Waals surface area contributed by atoms with Gasteiger partial charge in [0.1, 0.15) is 0 Å². The number of piperidine rings is 1. The van der Waals surface area contributed by atoms with Gasteiger partial charge in [-0.3, -0.25) is 9.69 Å². The van der Waals surface area contributed by atoms with E-state index in [2.05, 4.69) is 10.2 Å². The zero-order valence-electron chi connectivity index (χ0n) is 12.9. The standard InChI is InChI=1S/C17H24N2O3/c20-16(18-11-14-5-2-1-3-6-14)13-19-8-4-7-15(12-19)17-21-9-10-22-17/h1-3,5-6,15,17H,4,7-13H2,(H,18,20). The lowest BCUT2D eigenvalue weighted by Gasteiger charge is -2.34. The van der Waals surface area contributed by atoms with Crippen LogP contribution in [0.25, 0.3) is 0 Å². The fourth-order valence-electron chi connectivity index (χ4n) is 3.16. The molecule has 1 N–H and O–H groups in total.